The molecule has 1 aromatic rings. The second-order valence-electron chi connectivity index (χ2n) is 4.35. The minimum absolute atomic E-state index is 0.359. The first-order chi connectivity index (χ1) is 7.61. The molecule has 1 aromatic carbocycles. The van der Waals surface area contributed by atoms with Crippen LogP contribution in [-0.4, -0.2) is 18.2 Å². The fraction of sp³-hybridized carbons (Fsp3) is 0.571. The minimum Gasteiger partial charge on any atom is -0.388 e. The van der Waals surface area contributed by atoms with Crippen LogP contribution in [0, 0.1) is 0 Å². The Morgan fingerprint density at radius 1 is 1.19 bits per heavy atom. The second-order valence-corrected chi connectivity index (χ2v) is 4.35. The molecule has 0 aliphatic heterocycles. The molecule has 0 bridgehead atoms. The van der Waals surface area contributed by atoms with E-state index < -0.39 is 0 Å². The van der Waals surface area contributed by atoms with Crippen LogP contribution in [0.1, 0.15) is 45.3 Å². The van der Waals surface area contributed by atoms with Crippen LogP contribution in [0.15, 0.2) is 24.3 Å². The van der Waals surface area contributed by atoms with Crippen molar-refractivity contribution in [2.45, 2.75) is 45.8 Å². The van der Waals surface area contributed by atoms with Crippen LogP contribution in [0.2, 0.25) is 0 Å². The van der Waals surface area contributed by atoms with Gasteiger partial charge < -0.3 is 10.0 Å². The number of rotatable bonds is 5. The van der Waals surface area contributed by atoms with E-state index >= 15 is 0 Å². The highest BCUT2D eigenvalue weighted by Crippen LogP contribution is 2.28. The molecule has 1 rings (SSSR count). The number of benzene rings is 1. The van der Waals surface area contributed by atoms with Crippen LogP contribution >= 0.6 is 0 Å². The lowest BCUT2D eigenvalue weighted by molar-refractivity contribution is 0.174. The summed E-state index contributed by atoms with van der Waals surface area (Å²) in [5.74, 6) is 0. The summed E-state index contributed by atoms with van der Waals surface area (Å²) in [7, 11) is 2.09. The first-order valence-electron chi connectivity index (χ1n) is 6.11. The van der Waals surface area contributed by atoms with Crippen LogP contribution < -0.4 is 4.90 Å². The Morgan fingerprint density at radius 2 is 1.81 bits per heavy atom. The van der Waals surface area contributed by atoms with Crippen molar-refractivity contribution in [3.8, 4) is 0 Å². The monoisotopic (exact) mass is 221 g/mol. The Bertz CT molecular complexity index is 324. The van der Waals surface area contributed by atoms with E-state index in [-0.39, 0.29) is 6.10 Å². The predicted molar refractivity (Wildman–Crippen MR) is 69.8 cm³/mol. The standard InChI is InChI=1S/C14H23NO/c1-5-11(3)15(4)13-10-8-7-9-12(13)14(16)6-2/h7-11,14,16H,5-6H2,1-4H3/t11?,14-/m1/s1. The number of anilines is 1. The number of aliphatic hydroxyl groups excluding tert-OH is 1. The second kappa shape index (κ2) is 5.90. The molecule has 1 N–H and O–H groups in total. The Morgan fingerprint density at radius 3 is 2.38 bits per heavy atom. The molecule has 2 nitrogen and oxygen atoms in total. The van der Waals surface area contributed by atoms with Crippen molar-refractivity contribution in [1.82, 2.24) is 0 Å². The Kier molecular flexibility index (Phi) is 4.81. The fourth-order valence-corrected chi connectivity index (χ4v) is 1.82. The Hall–Kier alpha value is -1.02. The average molecular weight is 221 g/mol. The van der Waals surface area contributed by atoms with E-state index in [0.717, 1.165) is 24.1 Å². The average Bonchev–Trinajstić information content (AvgIpc) is 2.35. The maximum Gasteiger partial charge on any atom is 0.0807 e. The molecular weight excluding hydrogens is 198 g/mol. The molecule has 0 radical (unpaired) electrons. The number of para-hydroxylation sites is 1. The van der Waals surface area contributed by atoms with Gasteiger partial charge in [-0.15, -0.1) is 0 Å². The van der Waals surface area contributed by atoms with Crippen LogP contribution in [0.5, 0.6) is 0 Å². The van der Waals surface area contributed by atoms with E-state index in [1.807, 2.05) is 25.1 Å². The van der Waals surface area contributed by atoms with Crippen molar-refractivity contribution in [1.29, 1.82) is 0 Å². The van der Waals surface area contributed by atoms with Gasteiger partial charge in [0.25, 0.3) is 0 Å². The van der Waals surface area contributed by atoms with Crippen molar-refractivity contribution in [2.75, 3.05) is 11.9 Å². The summed E-state index contributed by atoms with van der Waals surface area (Å²) in [6.07, 6.45) is 1.50. The van der Waals surface area contributed by atoms with Gasteiger partial charge in [-0.2, -0.15) is 0 Å². The first kappa shape index (κ1) is 13.0. The lowest BCUT2D eigenvalue weighted by atomic mass is 10.0. The molecule has 0 heterocycles. The Labute approximate surface area is 98.9 Å². The number of hydrogen-bond acceptors (Lipinski definition) is 2. The lowest BCUT2D eigenvalue weighted by Crippen LogP contribution is -2.29. The highest BCUT2D eigenvalue weighted by molar-refractivity contribution is 5.54. The third kappa shape index (κ3) is 2.76. The summed E-state index contributed by atoms with van der Waals surface area (Å²) in [6, 6.07) is 8.61. The molecule has 90 valence electrons. The van der Waals surface area contributed by atoms with Crippen molar-refractivity contribution in [2.24, 2.45) is 0 Å². The zero-order chi connectivity index (χ0) is 12.1. The van der Waals surface area contributed by atoms with Gasteiger partial charge in [-0.1, -0.05) is 32.0 Å². The molecule has 0 aliphatic rings. The summed E-state index contributed by atoms with van der Waals surface area (Å²) >= 11 is 0. The third-order valence-corrected chi connectivity index (χ3v) is 3.31. The highest BCUT2D eigenvalue weighted by Gasteiger charge is 2.15. The minimum atomic E-state index is -0.359. The highest BCUT2D eigenvalue weighted by atomic mass is 16.3. The molecular formula is C14H23NO. The summed E-state index contributed by atoms with van der Waals surface area (Å²) < 4.78 is 0. The molecule has 16 heavy (non-hydrogen) atoms. The lowest BCUT2D eigenvalue weighted by Gasteiger charge is -2.29. The largest absolute Gasteiger partial charge is 0.388 e. The fourth-order valence-electron chi connectivity index (χ4n) is 1.82. The topological polar surface area (TPSA) is 23.5 Å². The van der Waals surface area contributed by atoms with Gasteiger partial charge in [0.15, 0.2) is 0 Å². The van der Waals surface area contributed by atoms with Crippen molar-refractivity contribution < 1.29 is 5.11 Å². The molecule has 0 fully saturated rings. The van der Waals surface area contributed by atoms with E-state index in [0.29, 0.717) is 6.04 Å². The van der Waals surface area contributed by atoms with Crippen LogP contribution in [0.25, 0.3) is 0 Å². The quantitative estimate of drug-likeness (QED) is 0.824. The molecule has 0 saturated heterocycles. The smallest absolute Gasteiger partial charge is 0.0807 e. The Balaban J connectivity index is 3.03. The van der Waals surface area contributed by atoms with Crippen LogP contribution in [0.3, 0.4) is 0 Å². The van der Waals surface area contributed by atoms with Gasteiger partial charge in [0, 0.05) is 24.3 Å². The first-order valence-corrected chi connectivity index (χ1v) is 6.11. The van der Waals surface area contributed by atoms with Crippen molar-refractivity contribution in [3.63, 3.8) is 0 Å². The SMILES string of the molecule is CCC(C)N(C)c1ccccc1[C@H](O)CC. The van der Waals surface area contributed by atoms with Crippen LogP contribution in [-0.2, 0) is 0 Å². The summed E-state index contributed by atoms with van der Waals surface area (Å²) in [6.45, 7) is 6.39. The summed E-state index contributed by atoms with van der Waals surface area (Å²) in [5.41, 5.74) is 2.18. The maximum atomic E-state index is 9.99. The van der Waals surface area contributed by atoms with Gasteiger partial charge in [-0.25, -0.2) is 0 Å². The number of hydrogen-bond donors (Lipinski definition) is 1. The summed E-state index contributed by atoms with van der Waals surface area (Å²) in [4.78, 5) is 2.24. The zero-order valence-electron chi connectivity index (χ0n) is 10.8. The maximum absolute atomic E-state index is 9.99. The van der Waals surface area contributed by atoms with E-state index in [4.69, 9.17) is 0 Å². The van der Waals surface area contributed by atoms with Gasteiger partial charge >= 0.3 is 0 Å². The number of aliphatic hydroxyl groups is 1. The molecule has 0 aromatic heterocycles. The summed E-state index contributed by atoms with van der Waals surface area (Å²) in [5, 5.41) is 9.99. The van der Waals surface area contributed by atoms with Gasteiger partial charge in [0.1, 0.15) is 0 Å². The van der Waals surface area contributed by atoms with E-state index in [2.05, 4.69) is 31.9 Å². The normalized spacial score (nSPS) is 14.6. The zero-order valence-corrected chi connectivity index (χ0v) is 10.8. The van der Waals surface area contributed by atoms with Crippen molar-refractivity contribution in [3.05, 3.63) is 29.8 Å². The molecule has 1 unspecified atom stereocenters. The molecule has 0 aliphatic carbocycles. The van der Waals surface area contributed by atoms with Gasteiger partial charge in [-0.3, -0.25) is 0 Å². The molecule has 0 spiro atoms. The molecule has 0 amide bonds. The van der Waals surface area contributed by atoms with E-state index in [1.165, 1.54) is 0 Å². The molecule has 2 atom stereocenters. The molecule has 2 heteroatoms. The van der Waals surface area contributed by atoms with Crippen LogP contribution in [0.4, 0.5) is 5.69 Å². The number of nitrogens with zero attached hydrogens (tertiary/aromatic N) is 1. The van der Waals surface area contributed by atoms with Crippen molar-refractivity contribution >= 4 is 5.69 Å². The van der Waals surface area contributed by atoms with Gasteiger partial charge in [0.05, 0.1) is 6.10 Å². The van der Waals surface area contributed by atoms with Gasteiger partial charge in [0.2, 0.25) is 0 Å². The van der Waals surface area contributed by atoms with E-state index in [9.17, 15) is 5.11 Å². The van der Waals surface area contributed by atoms with E-state index in [1.54, 1.807) is 0 Å². The molecule has 0 saturated carbocycles. The third-order valence-electron chi connectivity index (χ3n) is 3.31. The van der Waals surface area contributed by atoms with Gasteiger partial charge in [-0.05, 0) is 25.8 Å². The predicted octanol–water partition coefficient (Wildman–Crippen LogP) is 3.36.